The van der Waals surface area contributed by atoms with Crippen LogP contribution >= 0.6 is 11.3 Å². The molecule has 0 aliphatic carbocycles. The molecule has 0 saturated heterocycles. The van der Waals surface area contributed by atoms with Gasteiger partial charge in [0, 0.05) is 11.1 Å². The van der Waals surface area contributed by atoms with Crippen molar-refractivity contribution in [3.05, 3.63) is 16.1 Å². The van der Waals surface area contributed by atoms with Gasteiger partial charge in [-0.1, -0.05) is 20.8 Å². The Hall–Kier alpha value is -0.410. The van der Waals surface area contributed by atoms with E-state index in [4.69, 9.17) is 5.73 Å². The van der Waals surface area contributed by atoms with Gasteiger partial charge >= 0.3 is 0 Å². The lowest BCUT2D eigenvalue weighted by Crippen LogP contribution is -2.37. The SMILES string of the molecule is Cc1csc(C(C)(N)CC(C)(C)C)n1. The third kappa shape index (κ3) is 3.07. The second-order valence-electron chi connectivity index (χ2n) is 5.45. The van der Waals surface area contributed by atoms with Gasteiger partial charge in [-0.15, -0.1) is 11.3 Å². The van der Waals surface area contributed by atoms with Crippen LogP contribution in [0.5, 0.6) is 0 Å². The van der Waals surface area contributed by atoms with E-state index >= 15 is 0 Å². The Morgan fingerprint density at radius 1 is 1.36 bits per heavy atom. The van der Waals surface area contributed by atoms with E-state index in [1.165, 1.54) is 0 Å². The number of nitrogens with two attached hydrogens (primary N) is 1. The van der Waals surface area contributed by atoms with Crippen molar-refractivity contribution in [1.82, 2.24) is 4.98 Å². The molecule has 0 aliphatic rings. The molecule has 1 heterocycles. The summed E-state index contributed by atoms with van der Waals surface area (Å²) in [6, 6.07) is 0. The highest BCUT2D eigenvalue weighted by Crippen LogP contribution is 2.33. The van der Waals surface area contributed by atoms with E-state index in [9.17, 15) is 0 Å². The molecule has 2 N–H and O–H groups in total. The van der Waals surface area contributed by atoms with Gasteiger partial charge < -0.3 is 5.73 Å². The summed E-state index contributed by atoms with van der Waals surface area (Å²) in [4.78, 5) is 4.46. The molecule has 2 nitrogen and oxygen atoms in total. The molecule has 0 aliphatic heterocycles. The molecule has 0 amide bonds. The highest BCUT2D eigenvalue weighted by Gasteiger charge is 2.30. The predicted molar refractivity (Wildman–Crippen MR) is 62.5 cm³/mol. The van der Waals surface area contributed by atoms with Crippen molar-refractivity contribution in [2.75, 3.05) is 0 Å². The summed E-state index contributed by atoms with van der Waals surface area (Å²) in [5.41, 5.74) is 7.30. The molecule has 1 aromatic heterocycles. The van der Waals surface area contributed by atoms with E-state index in [-0.39, 0.29) is 11.0 Å². The van der Waals surface area contributed by atoms with Crippen LogP contribution in [0.15, 0.2) is 5.38 Å². The van der Waals surface area contributed by atoms with Gasteiger partial charge in [0.1, 0.15) is 5.01 Å². The smallest absolute Gasteiger partial charge is 0.112 e. The lowest BCUT2D eigenvalue weighted by Gasteiger charge is -2.30. The fourth-order valence-electron chi connectivity index (χ4n) is 1.79. The summed E-state index contributed by atoms with van der Waals surface area (Å²) in [6.45, 7) is 10.7. The maximum Gasteiger partial charge on any atom is 0.112 e. The molecule has 0 saturated carbocycles. The minimum Gasteiger partial charge on any atom is -0.320 e. The zero-order valence-corrected chi connectivity index (χ0v) is 10.5. The van der Waals surface area contributed by atoms with Gasteiger partial charge in [-0.2, -0.15) is 0 Å². The lowest BCUT2D eigenvalue weighted by atomic mass is 9.81. The van der Waals surface area contributed by atoms with E-state index in [0.717, 1.165) is 17.1 Å². The van der Waals surface area contributed by atoms with Gasteiger partial charge in [0.15, 0.2) is 0 Å². The Bertz CT molecular complexity index is 307. The van der Waals surface area contributed by atoms with E-state index in [1.807, 2.05) is 6.92 Å². The molecule has 1 rings (SSSR count). The van der Waals surface area contributed by atoms with E-state index < -0.39 is 0 Å². The first-order valence-corrected chi connectivity index (χ1v) is 5.80. The van der Waals surface area contributed by atoms with Crippen LogP contribution in [0.3, 0.4) is 0 Å². The Kier molecular flexibility index (Phi) is 3.02. The van der Waals surface area contributed by atoms with Crippen molar-refractivity contribution >= 4 is 11.3 Å². The van der Waals surface area contributed by atoms with Crippen molar-refractivity contribution in [2.45, 2.75) is 46.6 Å². The first kappa shape index (κ1) is 11.7. The average Bonchev–Trinajstić information content (AvgIpc) is 2.29. The van der Waals surface area contributed by atoms with Crippen LogP contribution in [0.2, 0.25) is 0 Å². The van der Waals surface area contributed by atoms with Gasteiger partial charge in [0.2, 0.25) is 0 Å². The third-order valence-electron chi connectivity index (χ3n) is 2.01. The summed E-state index contributed by atoms with van der Waals surface area (Å²) in [5, 5.41) is 3.10. The van der Waals surface area contributed by atoms with Gasteiger partial charge in [-0.25, -0.2) is 4.98 Å². The van der Waals surface area contributed by atoms with Crippen LogP contribution < -0.4 is 5.73 Å². The minimum atomic E-state index is -0.294. The number of hydrogen-bond acceptors (Lipinski definition) is 3. The van der Waals surface area contributed by atoms with Crippen LogP contribution in [-0.2, 0) is 5.54 Å². The van der Waals surface area contributed by atoms with E-state index in [0.29, 0.717) is 0 Å². The summed E-state index contributed by atoms with van der Waals surface area (Å²) in [5.74, 6) is 0. The topological polar surface area (TPSA) is 38.9 Å². The Morgan fingerprint density at radius 3 is 2.29 bits per heavy atom. The highest BCUT2D eigenvalue weighted by atomic mass is 32.1. The zero-order valence-electron chi connectivity index (χ0n) is 9.72. The molecular formula is C11H20N2S. The molecule has 80 valence electrons. The molecule has 14 heavy (non-hydrogen) atoms. The maximum absolute atomic E-state index is 6.29. The molecule has 1 aromatic rings. The molecule has 0 aromatic carbocycles. The minimum absolute atomic E-state index is 0.239. The standard InChI is InChI=1S/C11H20N2S/c1-8-6-14-9(13-8)11(5,12)7-10(2,3)4/h6H,7,12H2,1-5H3. The van der Waals surface area contributed by atoms with Crippen LogP contribution in [0.1, 0.15) is 44.8 Å². The predicted octanol–water partition coefficient (Wildman–Crippen LogP) is 3.06. The monoisotopic (exact) mass is 212 g/mol. The van der Waals surface area contributed by atoms with Gasteiger partial charge in [0.25, 0.3) is 0 Å². The third-order valence-corrected chi connectivity index (χ3v) is 3.24. The van der Waals surface area contributed by atoms with Crippen LogP contribution in [0.4, 0.5) is 0 Å². The van der Waals surface area contributed by atoms with Crippen molar-refractivity contribution in [1.29, 1.82) is 0 Å². The molecule has 0 radical (unpaired) electrons. The number of thiazole rings is 1. The van der Waals surface area contributed by atoms with Crippen molar-refractivity contribution in [2.24, 2.45) is 11.1 Å². The highest BCUT2D eigenvalue weighted by molar-refractivity contribution is 7.09. The molecule has 1 unspecified atom stereocenters. The van der Waals surface area contributed by atoms with Crippen molar-refractivity contribution in [3.8, 4) is 0 Å². The molecule has 1 atom stereocenters. The van der Waals surface area contributed by atoms with Gasteiger partial charge in [0.05, 0.1) is 5.54 Å². The number of aromatic nitrogens is 1. The summed E-state index contributed by atoms with van der Waals surface area (Å²) >= 11 is 1.66. The second-order valence-corrected chi connectivity index (χ2v) is 6.31. The zero-order chi connectivity index (χ0) is 11.0. The Morgan fingerprint density at radius 2 is 1.93 bits per heavy atom. The fraction of sp³-hybridized carbons (Fsp3) is 0.727. The molecule has 0 fully saturated rings. The first-order chi connectivity index (χ1) is 6.21. The second kappa shape index (κ2) is 3.63. The van der Waals surface area contributed by atoms with Gasteiger partial charge in [-0.3, -0.25) is 0 Å². The average molecular weight is 212 g/mol. The van der Waals surface area contributed by atoms with Crippen LogP contribution in [-0.4, -0.2) is 4.98 Å². The van der Waals surface area contributed by atoms with Crippen molar-refractivity contribution in [3.63, 3.8) is 0 Å². The number of hydrogen-bond donors (Lipinski definition) is 1. The first-order valence-electron chi connectivity index (χ1n) is 4.92. The largest absolute Gasteiger partial charge is 0.320 e. The van der Waals surface area contributed by atoms with Crippen LogP contribution in [0.25, 0.3) is 0 Å². The summed E-state index contributed by atoms with van der Waals surface area (Å²) < 4.78 is 0. The molecule has 0 spiro atoms. The number of rotatable bonds is 2. The van der Waals surface area contributed by atoms with E-state index in [1.54, 1.807) is 11.3 Å². The van der Waals surface area contributed by atoms with E-state index in [2.05, 4.69) is 38.1 Å². The molecule has 3 heteroatoms. The maximum atomic E-state index is 6.29. The normalized spacial score (nSPS) is 16.7. The van der Waals surface area contributed by atoms with Crippen LogP contribution in [0, 0.1) is 12.3 Å². The summed E-state index contributed by atoms with van der Waals surface area (Å²) in [6.07, 6.45) is 0.951. The summed E-state index contributed by atoms with van der Waals surface area (Å²) in [7, 11) is 0. The quantitative estimate of drug-likeness (QED) is 0.818. The molecular weight excluding hydrogens is 192 g/mol. The Balaban J connectivity index is 2.85. The van der Waals surface area contributed by atoms with Gasteiger partial charge in [-0.05, 0) is 25.7 Å². The fourth-order valence-corrected chi connectivity index (χ4v) is 2.67. The lowest BCUT2D eigenvalue weighted by molar-refractivity contribution is 0.273. The number of aryl methyl sites for hydroxylation is 1. The number of nitrogens with zero attached hydrogens (tertiary/aromatic N) is 1. The Labute approximate surface area is 90.6 Å². The molecule has 0 bridgehead atoms. The van der Waals surface area contributed by atoms with Crippen molar-refractivity contribution < 1.29 is 0 Å².